The van der Waals surface area contributed by atoms with Gasteiger partial charge in [0.05, 0.1) is 0 Å². The highest BCUT2D eigenvalue weighted by molar-refractivity contribution is 5.00. The predicted molar refractivity (Wildman–Crippen MR) is 39.3 cm³/mol. The number of hydrogen-bond acceptors (Lipinski definition) is 2. The molecule has 3 nitrogen and oxygen atoms in total. The first-order chi connectivity index (χ1) is 5.09. The topological polar surface area (TPSA) is 47.7 Å². The van der Waals surface area contributed by atoms with E-state index in [1.165, 1.54) is 0 Å². The first-order valence-corrected chi connectivity index (χ1v) is 3.71. The van der Waals surface area contributed by atoms with Gasteiger partial charge in [-0.2, -0.15) is 0 Å². The van der Waals surface area contributed by atoms with Crippen molar-refractivity contribution in [1.82, 2.24) is 0 Å². The lowest BCUT2D eigenvalue weighted by molar-refractivity contribution is 0.239. The Kier molecular flexibility index (Phi) is 2.17. The summed E-state index contributed by atoms with van der Waals surface area (Å²) in [7, 11) is 0. The molecule has 0 unspecified atom stereocenters. The smallest absolute Gasteiger partial charge is 0.336 e. The number of rotatable bonds is 2. The largest absolute Gasteiger partial charge is 0.724 e. The van der Waals surface area contributed by atoms with E-state index in [1.54, 1.807) is 6.92 Å². The fourth-order valence-electron chi connectivity index (χ4n) is 0.942. The van der Waals surface area contributed by atoms with Crippen LogP contribution in [0.25, 0.3) is 0 Å². The van der Waals surface area contributed by atoms with E-state index >= 15 is 0 Å². The van der Waals surface area contributed by atoms with Gasteiger partial charge in [-0.1, -0.05) is 13.8 Å². The molecule has 0 saturated heterocycles. The molecule has 0 aliphatic heterocycles. The maximum absolute atomic E-state index is 8.81. The van der Waals surface area contributed by atoms with Crippen molar-refractivity contribution in [3.63, 3.8) is 0 Å². The van der Waals surface area contributed by atoms with E-state index in [-0.39, 0.29) is 5.82 Å². The van der Waals surface area contributed by atoms with Crippen LogP contribution in [0.2, 0.25) is 0 Å². The van der Waals surface area contributed by atoms with E-state index in [9.17, 15) is 0 Å². The molecule has 1 heterocycles. The average molecular weight is 157 g/mol. The van der Waals surface area contributed by atoms with Gasteiger partial charge >= 0.3 is 5.82 Å². The Hall–Kier alpha value is -0.990. The Morgan fingerprint density at radius 1 is 1.36 bits per heavy atom. The first kappa shape index (κ1) is 8.11. The summed E-state index contributed by atoms with van der Waals surface area (Å²) >= 11 is 0. The fourth-order valence-corrected chi connectivity index (χ4v) is 0.942. The molecule has 0 aliphatic carbocycles. The molecule has 0 fully saturated rings. The zero-order chi connectivity index (χ0) is 8.43. The van der Waals surface area contributed by atoms with E-state index in [2.05, 4.69) is 13.8 Å². The van der Waals surface area contributed by atoms with Crippen molar-refractivity contribution in [1.29, 1.82) is 0 Å². The van der Waals surface area contributed by atoms with Gasteiger partial charge in [0.15, 0.2) is 0 Å². The zero-order valence-electron chi connectivity index (χ0n) is 7.05. The zero-order valence-corrected chi connectivity index (χ0v) is 7.05. The van der Waals surface area contributed by atoms with Crippen LogP contribution in [-0.4, -0.2) is 4.79 Å². The maximum Gasteiger partial charge on any atom is 0.724 e. The SMILES string of the molecule is Cc1oc(=[OH+])oc1CC(C)C. The Balaban J connectivity index is 2.86. The molecule has 1 rings (SSSR count). The van der Waals surface area contributed by atoms with Crippen molar-refractivity contribution in [2.45, 2.75) is 27.2 Å². The van der Waals surface area contributed by atoms with Gasteiger partial charge in [0.2, 0.25) is 11.5 Å². The molecule has 0 saturated carbocycles. The van der Waals surface area contributed by atoms with Gasteiger partial charge < -0.3 is 4.79 Å². The molecule has 0 bridgehead atoms. The standard InChI is InChI=1S/C8H12O3/c1-5(2)4-7-6(3)10-8(9)11-7/h5H,4H2,1-3H3/p+1. The third kappa shape index (κ3) is 1.97. The average Bonchev–Trinajstić information content (AvgIpc) is 2.09. The second-order valence-corrected chi connectivity index (χ2v) is 3.05. The molecule has 3 heteroatoms. The van der Waals surface area contributed by atoms with E-state index in [1.807, 2.05) is 0 Å². The Labute approximate surface area is 65.0 Å². The minimum atomic E-state index is -0.349. The van der Waals surface area contributed by atoms with Crippen LogP contribution in [-0.2, 0) is 6.42 Å². The molecule has 0 aromatic carbocycles. The van der Waals surface area contributed by atoms with Gasteiger partial charge in [0.1, 0.15) is 0 Å². The highest BCUT2D eigenvalue weighted by Gasteiger charge is 2.17. The van der Waals surface area contributed by atoms with Gasteiger partial charge in [0, 0.05) is 13.3 Å². The molecule has 11 heavy (non-hydrogen) atoms. The minimum Gasteiger partial charge on any atom is -0.336 e. The lowest BCUT2D eigenvalue weighted by Gasteiger charge is -1.94. The van der Waals surface area contributed by atoms with Crippen LogP contribution in [0.1, 0.15) is 25.4 Å². The van der Waals surface area contributed by atoms with E-state index in [4.69, 9.17) is 13.6 Å². The molecule has 1 aromatic heterocycles. The Morgan fingerprint density at radius 3 is 2.36 bits per heavy atom. The summed E-state index contributed by atoms with van der Waals surface area (Å²) in [5.74, 6) is 1.56. The summed E-state index contributed by atoms with van der Waals surface area (Å²) in [6.07, 6.45) is 0.801. The first-order valence-electron chi connectivity index (χ1n) is 3.71. The predicted octanol–water partition coefficient (Wildman–Crippen LogP) is 1.38. The van der Waals surface area contributed by atoms with Gasteiger partial charge in [-0.3, -0.25) is 8.83 Å². The summed E-state index contributed by atoms with van der Waals surface area (Å²) in [4.78, 5) is 8.81. The highest BCUT2D eigenvalue weighted by atomic mass is 16.6. The van der Waals surface area contributed by atoms with Crippen LogP contribution in [0.3, 0.4) is 0 Å². The van der Waals surface area contributed by atoms with Crippen molar-refractivity contribution < 1.29 is 13.6 Å². The van der Waals surface area contributed by atoms with Crippen LogP contribution in [0.15, 0.2) is 8.83 Å². The lowest BCUT2D eigenvalue weighted by Crippen LogP contribution is -1.95. The Bertz CT molecular complexity index is 280. The molecule has 0 amide bonds. The van der Waals surface area contributed by atoms with Gasteiger partial charge in [0.25, 0.3) is 0 Å². The maximum atomic E-state index is 8.81. The molecule has 1 N–H and O–H groups in total. The van der Waals surface area contributed by atoms with Crippen molar-refractivity contribution in [2.75, 3.05) is 0 Å². The third-order valence-corrected chi connectivity index (χ3v) is 1.44. The second-order valence-electron chi connectivity index (χ2n) is 3.05. The van der Waals surface area contributed by atoms with E-state index in [0.717, 1.165) is 12.2 Å². The Morgan fingerprint density at radius 2 is 2.00 bits per heavy atom. The lowest BCUT2D eigenvalue weighted by atomic mass is 10.1. The van der Waals surface area contributed by atoms with Crippen LogP contribution in [0, 0.1) is 12.8 Å². The van der Waals surface area contributed by atoms with Crippen LogP contribution in [0.4, 0.5) is 0 Å². The molecular formula is C8H13O3+. The van der Waals surface area contributed by atoms with Crippen molar-refractivity contribution in [3.05, 3.63) is 17.3 Å². The summed E-state index contributed by atoms with van der Waals surface area (Å²) in [5, 5.41) is 0. The monoisotopic (exact) mass is 157 g/mol. The molecule has 1 aromatic rings. The van der Waals surface area contributed by atoms with Gasteiger partial charge in [-0.25, -0.2) is 0 Å². The third-order valence-electron chi connectivity index (χ3n) is 1.44. The van der Waals surface area contributed by atoms with Crippen molar-refractivity contribution >= 4 is 0 Å². The number of hydrogen-bond donors (Lipinski definition) is 0. The van der Waals surface area contributed by atoms with Crippen LogP contribution in [0.5, 0.6) is 0 Å². The summed E-state index contributed by atoms with van der Waals surface area (Å²) < 4.78 is 9.72. The number of aryl methyl sites for hydroxylation is 1. The summed E-state index contributed by atoms with van der Waals surface area (Å²) in [6.45, 7) is 5.94. The molecular weight excluding hydrogens is 144 g/mol. The molecule has 62 valence electrons. The molecule has 0 spiro atoms. The van der Waals surface area contributed by atoms with Crippen LogP contribution >= 0.6 is 0 Å². The molecule has 0 aliphatic rings. The van der Waals surface area contributed by atoms with Crippen LogP contribution < -0.4 is 5.82 Å². The highest BCUT2D eigenvalue weighted by Crippen LogP contribution is 2.10. The molecule has 0 radical (unpaired) electrons. The minimum absolute atomic E-state index is 0.349. The normalized spacial score (nSPS) is 10.9. The van der Waals surface area contributed by atoms with E-state index < -0.39 is 0 Å². The van der Waals surface area contributed by atoms with Gasteiger partial charge in [-0.05, 0) is 5.92 Å². The quantitative estimate of drug-likeness (QED) is 0.609. The second kappa shape index (κ2) is 2.95. The summed E-state index contributed by atoms with van der Waals surface area (Å²) in [6, 6.07) is 0. The van der Waals surface area contributed by atoms with Crippen molar-refractivity contribution in [3.8, 4) is 0 Å². The van der Waals surface area contributed by atoms with Crippen molar-refractivity contribution in [2.24, 2.45) is 5.92 Å². The molecule has 0 atom stereocenters. The summed E-state index contributed by atoms with van der Waals surface area (Å²) in [5.41, 5.74) is 0. The van der Waals surface area contributed by atoms with Gasteiger partial charge in [-0.15, -0.1) is 0 Å². The van der Waals surface area contributed by atoms with E-state index in [0.29, 0.717) is 11.7 Å². The fraction of sp³-hybridized carbons (Fsp3) is 0.625.